The second-order valence-electron chi connectivity index (χ2n) is 8.78. The number of rotatable bonds is 5. The van der Waals surface area contributed by atoms with Gasteiger partial charge in [-0.05, 0) is 38.8 Å². The van der Waals surface area contributed by atoms with Crippen molar-refractivity contribution in [1.82, 2.24) is 15.0 Å². The van der Waals surface area contributed by atoms with Gasteiger partial charge in [0.05, 0.1) is 30.6 Å². The molecule has 0 saturated heterocycles. The molecule has 7 nitrogen and oxygen atoms in total. The van der Waals surface area contributed by atoms with Gasteiger partial charge in [-0.25, -0.2) is 15.0 Å². The Morgan fingerprint density at radius 2 is 2.10 bits per heavy atom. The molecule has 0 unspecified atom stereocenters. The third-order valence-electron chi connectivity index (χ3n) is 6.00. The molecule has 158 valence electrons. The lowest BCUT2D eigenvalue weighted by atomic mass is 10.0. The molecular formula is C24H25N5O2. The molecule has 0 spiro atoms. The first-order valence-corrected chi connectivity index (χ1v) is 11.0. The molecule has 3 aliphatic rings. The maximum Gasteiger partial charge on any atom is 0.214 e. The van der Waals surface area contributed by atoms with E-state index >= 15 is 0 Å². The number of pyridine rings is 2. The molecule has 1 fully saturated rings. The van der Waals surface area contributed by atoms with Gasteiger partial charge in [0.25, 0.3) is 0 Å². The Bertz CT molecular complexity index is 1180. The number of hydrogen-bond acceptors (Lipinski definition) is 7. The topological polar surface area (TPSA) is 76.6 Å². The molecule has 7 heteroatoms. The zero-order valence-electron chi connectivity index (χ0n) is 17.8. The maximum absolute atomic E-state index is 6.08. The number of hydrogen-bond donors (Lipinski definition) is 0. The monoisotopic (exact) mass is 415 g/mol. The first-order chi connectivity index (χ1) is 15.1. The summed E-state index contributed by atoms with van der Waals surface area (Å²) < 4.78 is 11.9. The van der Waals surface area contributed by atoms with E-state index in [0.717, 1.165) is 58.5 Å². The lowest BCUT2D eigenvalue weighted by Crippen LogP contribution is -2.30. The van der Waals surface area contributed by atoms with Gasteiger partial charge in [-0.1, -0.05) is 0 Å². The van der Waals surface area contributed by atoms with Crippen molar-refractivity contribution < 1.29 is 9.15 Å². The van der Waals surface area contributed by atoms with Crippen molar-refractivity contribution in [2.45, 2.75) is 58.2 Å². The number of aromatic nitrogens is 3. The highest BCUT2D eigenvalue weighted by molar-refractivity contribution is 6.15. The average molecular weight is 415 g/mol. The molecule has 0 aromatic carbocycles. The Kier molecular flexibility index (Phi) is 4.30. The van der Waals surface area contributed by atoms with Gasteiger partial charge in [0.2, 0.25) is 5.88 Å². The Balaban J connectivity index is 1.27. The van der Waals surface area contributed by atoms with Gasteiger partial charge < -0.3 is 14.1 Å². The second kappa shape index (κ2) is 7.18. The summed E-state index contributed by atoms with van der Waals surface area (Å²) in [5.41, 5.74) is 5.37. The molecule has 5 heterocycles. The van der Waals surface area contributed by atoms with E-state index in [4.69, 9.17) is 19.1 Å². The van der Waals surface area contributed by atoms with Crippen LogP contribution in [-0.4, -0.2) is 33.3 Å². The van der Waals surface area contributed by atoms with E-state index in [2.05, 4.69) is 20.9 Å². The average Bonchev–Trinajstić information content (AvgIpc) is 3.40. The Morgan fingerprint density at radius 1 is 1.19 bits per heavy atom. The number of ether oxygens (including phenoxy) is 1. The minimum Gasteiger partial charge on any atom is -0.475 e. The van der Waals surface area contributed by atoms with Gasteiger partial charge in [0.15, 0.2) is 5.89 Å². The Hall–Kier alpha value is -3.22. The summed E-state index contributed by atoms with van der Waals surface area (Å²) in [5.74, 6) is 4.04. The first-order valence-electron chi connectivity index (χ1n) is 11.0. The number of aliphatic imine (C=N–C) groups is 1. The van der Waals surface area contributed by atoms with E-state index in [1.54, 1.807) is 0 Å². The maximum atomic E-state index is 6.08. The predicted octanol–water partition coefficient (Wildman–Crippen LogP) is 4.04. The highest BCUT2D eigenvalue weighted by Crippen LogP contribution is 2.41. The Morgan fingerprint density at radius 3 is 2.94 bits per heavy atom. The van der Waals surface area contributed by atoms with Crippen molar-refractivity contribution in [3.8, 4) is 5.88 Å². The van der Waals surface area contributed by atoms with Gasteiger partial charge in [0, 0.05) is 54.0 Å². The number of nitrogens with zero attached hydrogens (tertiary/aromatic N) is 5. The summed E-state index contributed by atoms with van der Waals surface area (Å²) in [6.07, 6.45) is 7.12. The zero-order chi connectivity index (χ0) is 20.9. The predicted molar refractivity (Wildman–Crippen MR) is 117 cm³/mol. The number of fused-ring (bicyclic) bond motifs is 2. The van der Waals surface area contributed by atoms with E-state index < -0.39 is 0 Å². The van der Waals surface area contributed by atoms with Gasteiger partial charge in [-0.15, -0.1) is 0 Å². The fraction of sp³-hybridized carbons (Fsp3) is 0.417. The summed E-state index contributed by atoms with van der Waals surface area (Å²) in [6.45, 7) is 6.26. The van der Waals surface area contributed by atoms with Crippen molar-refractivity contribution in [1.29, 1.82) is 0 Å². The highest BCUT2D eigenvalue weighted by Gasteiger charge is 2.32. The third kappa shape index (κ3) is 3.48. The first kappa shape index (κ1) is 18.5. The summed E-state index contributed by atoms with van der Waals surface area (Å²) in [6, 6.07) is 6.15. The summed E-state index contributed by atoms with van der Waals surface area (Å²) in [7, 11) is 0. The molecule has 0 bridgehead atoms. The minimum absolute atomic E-state index is 0.0837. The van der Waals surface area contributed by atoms with Crippen LogP contribution in [0, 0.1) is 0 Å². The lowest BCUT2D eigenvalue weighted by molar-refractivity contribution is 0.232. The molecule has 0 radical (unpaired) electrons. The standard InChI is InChI=1S/C24H25N5O2/c1-14(2)30-22-10-18-17(11-26-22)12-27-23(18)16-5-7-25-21(9-16)29-8-6-19-20(13-29)31-24(28-19)15-3-4-15/h5,7,9-11,14-15H,3-4,6,8,12-13H2,1-2H3. The minimum atomic E-state index is 0.0837. The van der Waals surface area contributed by atoms with Crippen LogP contribution in [0.3, 0.4) is 0 Å². The summed E-state index contributed by atoms with van der Waals surface area (Å²) in [4.78, 5) is 20.8. The van der Waals surface area contributed by atoms with Crippen LogP contribution in [-0.2, 0) is 19.5 Å². The van der Waals surface area contributed by atoms with Gasteiger partial charge in [-0.3, -0.25) is 4.99 Å². The van der Waals surface area contributed by atoms with Crippen molar-refractivity contribution >= 4 is 11.5 Å². The molecule has 0 amide bonds. The van der Waals surface area contributed by atoms with Crippen molar-refractivity contribution in [2.75, 3.05) is 11.4 Å². The van der Waals surface area contributed by atoms with Crippen molar-refractivity contribution in [3.05, 3.63) is 64.6 Å². The molecule has 3 aromatic heterocycles. The van der Waals surface area contributed by atoms with E-state index in [1.807, 2.05) is 38.4 Å². The van der Waals surface area contributed by atoms with Gasteiger partial charge >= 0.3 is 0 Å². The van der Waals surface area contributed by atoms with Crippen LogP contribution in [0.2, 0.25) is 0 Å². The van der Waals surface area contributed by atoms with Crippen LogP contribution in [0.5, 0.6) is 5.88 Å². The van der Waals surface area contributed by atoms with Crippen molar-refractivity contribution in [2.24, 2.45) is 4.99 Å². The van der Waals surface area contributed by atoms with Crippen molar-refractivity contribution in [3.63, 3.8) is 0 Å². The largest absolute Gasteiger partial charge is 0.475 e. The molecular weight excluding hydrogens is 390 g/mol. The van der Waals surface area contributed by atoms with Crippen LogP contribution in [0.1, 0.15) is 66.6 Å². The second-order valence-corrected chi connectivity index (χ2v) is 8.78. The van der Waals surface area contributed by atoms with Crippen LogP contribution in [0.15, 0.2) is 40.0 Å². The molecule has 3 aromatic rings. The lowest BCUT2D eigenvalue weighted by Gasteiger charge is -2.26. The van der Waals surface area contributed by atoms with Crippen LogP contribution in [0.25, 0.3) is 0 Å². The van der Waals surface area contributed by atoms with E-state index in [0.29, 0.717) is 24.9 Å². The smallest absolute Gasteiger partial charge is 0.214 e. The van der Waals surface area contributed by atoms with Gasteiger partial charge in [0.1, 0.15) is 11.6 Å². The van der Waals surface area contributed by atoms with E-state index in [-0.39, 0.29) is 6.10 Å². The highest BCUT2D eigenvalue weighted by atomic mass is 16.5. The summed E-state index contributed by atoms with van der Waals surface area (Å²) in [5, 5.41) is 0. The SMILES string of the molecule is CC(C)Oc1cc2c(cn1)CN=C2c1ccnc(N2CCc3nc(C4CC4)oc3C2)c1. The fourth-order valence-electron chi connectivity index (χ4n) is 4.27. The third-order valence-corrected chi connectivity index (χ3v) is 6.00. The molecule has 0 N–H and O–H groups in total. The quantitative estimate of drug-likeness (QED) is 0.626. The summed E-state index contributed by atoms with van der Waals surface area (Å²) >= 11 is 0. The molecule has 1 saturated carbocycles. The normalized spacial score (nSPS) is 17.5. The van der Waals surface area contributed by atoms with Crippen LogP contribution in [0.4, 0.5) is 5.82 Å². The molecule has 31 heavy (non-hydrogen) atoms. The fourth-order valence-corrected chi connectivity index (χ4v) is 4.27. The zero-order valence-corrected chi connectivity index (χ0v) is 17.8. The number of oxazole rings is 1. The molecule has 6 rings (SSSR count). The molecule has 2 aliphatic heterocycles. The number of anilines is 1. The Labute approximate surface area is 181 Å². The van der Waals surface area contributed by atoms with E-state index in [9.17, 15) is 0 Å². The van der Waals surface area contributed by atoms with E-state index in [1.165, 1.54) is 12.8 Å². The van der Waals surface area contributed by atoms with Gasteiger partial charge in [-0.2, -0.15) is 0 Å². The van der Waals surface area contributed by atoms with Crippen LogP contribution < -0.4 is 9.64 Å². The molecule has 1 aliphatic carbocycles. The van der Waals surface area contributed by atoms with Crippen LogP contribution >= 0.6 is 0 Å². The molecule has 0 atom stereocenters.